The first kappa shape index (κ1) is 16.0. The third-order valence-electron chi connectivity index (χ3n) is 3.76. The van der Waals surface area contributed by atoms with Gasteiger partial charge in [-0.2, -0.15) is 0 Å². The zero-order valence-electron chi connectivity index (χ0n) is 12.3. The van der Waals surface area contributed by atoms with Crippen molar-refractivity contribution in [2.75, 3.05) is 19.5 Å². The van der Waals surface area contributed by atoms with Gasteiger partial charge in [0, 0.05) is 7.11 Å². The maximum atomic E-state index is 12.6. The average Bonchev–Trinajstić information content (AvgIpc) is 3.27. The molecule has 1 saturated carbocycles. The van der Waals surface area contributed by atoms with Gasteiger partial charge in [-0.25, -0.2) is 13.2 Å². The number of carboxylic acid groups (broad SMARTS) is 1. The Labute approximate surface area is 124 Å². The molecule has 21 heavy (non-hydrogen) atoms. The molecule has 0 saturated heterocycles. The minimum atomic E-state index is -3.55. The molecule has 6 heteroatoms. The number of ether oxygens (including phenoxy) is 1. The largest absolute Gasteiger partial charge is 0.478 e. The van der Waals surface area contributed by atoms with E-state index in [2.05, 4.69) is 0 Å². The predicted molar refractivity (Wildman–Crippen MR) is 78.7 cm³/mol. The van der Waals surface area contributed by atoms with Gasteiger partial charge in [0.25, 0.3) is 0 Å². The highest BCUT2D eigenvalue weighted by Gasteiger charge is 2.33. The van der Waals surface area contributed by atoms with Gasteiger partial charge >= 0.3 is 5.97 Å². The Morgan fingerprint density at radius 3 is 2.52 bits per heavy atom. The molecule has 0 spiro atoms. The summed E-state index contributed by atoms with van der Waals surface area (Å²) in [6, 6.07) is 3.20. The van der Waals surface area contributed by atoms with Crippen molar-refractivity contribution in [1.82, 2.24) is 0 Å². The fourth-order valence-corrected chi connectivity index (χ4v) is 4.39. The zero-order valence-corrected chi connectivity index (χ0v) is 13.1. The number of benzene rings is 1. The lowest BCUT2D eigenvalue weighted by molar-refractivity contribution is 0.0695. The number of carboxylic acids is 1. The van der Waals surface area contributed by atoms with Crippen molar-refractivity contribution in [3.63, 3.8) is 0 Å². The second-order valence-corrected chi connectivity index (χ2v) is 7.30. The van der Waals surface area contributed by atoms with Gasteiger partial charge in [-0.15, -0.1) is 0 Å². The number of methoxy groups -OCH3 is 1. The van der Waals surface area contributed by atoms with Crippen molar-refractivity contribution >= 4 is 15.8 Å². The van der Waals surface area contributed by atoms with E-state index in [1.165, 1.54) is 13.2 Å². The second kappa shape index (κ2) is 6.15. The van der Waals surface area contributed by atoms with Gasteiger partial charge in [0.05, 0.1) is 22.8 Å². The van der Waals surface area contributed by atoms with Crippen LogP contribution in [-0.4, -0.2) is 39.0 Å². The van der Waals surface area contributed by atoms with Crippen molar-refractivity contribution in [3.05, 3.63) is 28.8 Å². The van der Waals surface area contributed by atoms with Gasteiger partial charge in [-0.1, -0.05) is 13.0 Å². The predicted octanol–water partition coefficient (Wildman–Crippen LogP) is 2.24. The third kappa shape index (κ3) is 3.27. The van der Waals surface area contributed by atoms with E-state index >= 15 is 0 Å². The highest BCUT2D eigenvalue weighted by Crippen LogP contribution is 2.44. The number of sulfone groups is 1. The van der Waals surface area contributed by atoms with Crippen molar-refractivity contribution in [3.8, 4) is 0 Å². The number of rotatable bonds is 7. The van der Waals surface area contributed by atoms with Crippen LogP contribution in [0.3, 0.4) is 0 Å². The standard InChI is InChI=1S/C15H20O5S/c1-3-11-13(15(16)17)7-6-12(10-4-5-10)14(11)21(18,19)9-8-20-2/h6-7,10H,3-5,8-9H2,1-2H3,(H,16,17). The molecule has 0 radical (unpaired) electrons. The van der Waals surface area contributed by atoms with Gasteiger partial charge in [-0.05, 0) is 42.4 Å². The number of hydrogen-bond donors (Lipinski definition) is 1. The van der Waals surface area contributed by atoms with Crippen LogP contribution < -0.4 is 0 Å². The van der Waals surface area contributed by atoms with E-state index in [4.69, 9.17) is 4.74 Å². The van der Waals surface area contributed by atoms with Gasteiger partial charge in [0.2, 0.25) is 0 Å². The minimum absolute atomic E-state index is 0.0814. The summed E-state index contributed by atoms with van der Waals surface area (Å²) < 4.78 is 30.1. The lowest BCUT2D eigenvalue weighted by Crippen LogP contribution is -2.18. The lowest BCUT2D eigenvalue weighted by atomic mass is 9.99. The van der Waals surface area contributed by atoms with Crippen LogP contribution in [-0.2, 0) is 21.0 Å². The highest BCUT2D eigenvalue weighted by atomic mass is 32.2. The molecule has 116 valence electrons. The van der Waals surface area contributed by atoms with E-state index < -0.39 is 15.8 Å². The monoisotopic (exact) mass is 312 g/mol. The third-order valence-corrected chi connectivity index (χ3v) is 5.57. The molecule has 0 bridgehead atoms. The van der Waals surface area contributed by atoms with Gasteiger partial charge in [0.1, 0.15) is 0 Å². The minimum Gasteiger partial charge on any atom is -0.478 e. The molecule has 0 unspecified atom stereocenters. The molecule has 0 atom stereocenters. The summed E-state index contributed by atoms with van der Waals surface area (Å²) in [6.07, 6.45) is 2.30. The van der Waals surface area contributed by atoms with Gasteiger partial charge in [0.15, 0.2) is 9.84 Å². The molecule has 1 N–H and O–H groups in total. The molecule has 2 rings (SSSR count). The molecule has 1 aromatic rings. The lowest BCUT2D eigenvalue weighted by Gasteiger charge is -2.16. The average molecular weight is 312 g/mol. The summed E-state index contributed by atoms with van der Waals surface area (Å²) in [5, 5.41) is 9.29. The van der Waals surface area contributed by atoms with Crippen LogP contribution in [0.15, 0.2) is 17.0 Å². The zero-order chi connectivity index (χ0) is 15.6. The van der Waals surface area contributed by atoms with Gasteiger partial charge < -0.3 is 9.84 Å². The summed E-state index contributed by atoms with van der Waals surface area (Å²) in [4.78, 5) is 11.6. The first-order valence-electron chi connectivity index (χ1n) is 7.03. The molecule has 0 aliphatic heterocycles. The van der Waals surface area contributed by atoms with E-state index in [-0.39, 0.29) is 28.7 Å². The normalized spacial score (nSPS) is 15.1. The quantitative estimate of drug-likeness (QED) is 0.835. The molecule has 1 aliphatic rings. The maximum absolute atomic E-state index is 12.6. The molecule has 1 fully saturated rings. The molecule has 1 aromatic carbocycles. The summed E-state index contributed by atoms with van der Waals surface area (Å²) in [7, 11) is -2.10. The Hall–Kier alpha value is -1.40. The topological polar surface area (TPSA) is 80.7 Å². The molecule has 0 heterocycles. The Morgan fingerprint density at radius 1 is 1.38 bits per heavy atom. The fourth-order valence-electron chi connectivity index (χ4n) is 2.58. The fraction of sp³-hybridized carbons (Fsp3) is 0.533. The first-order chi connectivity index (χ1) is 9.92. The van der Waals surface area contributed by atoms with Crippen molar-refractivity contribution in [2.24, 2.45) is 0 Å². The van der Waals surface area contributed by atoms with Crippen molar-refractivity contribution < 1.29 is 23.1 Å². The summed E-state index contributed by atoms with van der Waals surface area (Å²) >= 11 is 0. The molecular formula is C15H20O5S. The van der Waals surface area contributed by atoms with E-state index in [1.54, 1.807) is 13.0 Å². The number of hydrogen-bond acceptors (Lipinski definition) is 4. The molecular weight excluding hydrogens is 292 g/mol. The highest BCUT2D eigenvalue weighted by molar-refractivity contribution is 7.91. The van der Waals surface area contributed by atoms with Crippen LogP contribution in [0.2, 0.25) is 0 Å². The van der Waals surface area contributed by atoms with Crippen molar-refractivity contribution in [1.29, 1.82) is 0 Å². The van der Waals surface area contributed by atoms with Crippen LogP contribution in [0.4, 0.5) is 0 Å². The van der Waals surface area contributed by atoms with E-state index in [9.17, 15) is 18.3 Å². The van der Waals surface area contributed by atoms with Crippen molar-refractivity contribution in [2.45, 2.75) is 37.0 Å². The Morgan fingerprint density at radius 2 is 2.05 bits per heavy atom. The van der Waals surface area contributed by atoms with E-state index in [0.717, 1.165) is 18.4 Å². The summed E-state index contributed by atoms with van der Waals surface area (Å²) in [5.41, 5.74) is 1.27. The van der Waals surface area contributed by atoms with Gasteiger partial charge in [-0.3, -0.25) is 0 Å². The Balaban J connectivity index is 2.64. The second-order valence-electron chi connectivity index (χ2n) is 5.25. The van der Waals surface area contributed by atoms with Crippen LogP contribution >= 0.6 is 0 Å². The van der Waals surface area contributed by atoms with Crippen LogP contribution in [0.25, 0.3) is 0 Å². The van der Waals surface area contributed by atoms with Crippen LogP contribution in [0, 0.1) is 0 Å². The summed E-state index contributed by atoms with van der Waals surface area (Å²) in [5.74, 6) is -0.970. The molecule has 0 amide bonds. The summed E-state index contributed by atoms with van der Waals surface area (Å²) in [6.45, 7) is 1.89. The van der Waals surface area contributed by atoms with E-state index in [0.29, 0.717) is 12.0 Å². The molecule has 5 nitrogen and oxygen atoms in total. The first-order valence-corrected chi connectivity index (χ1v) is 8.68. The Bertz CT molecular complexity index is 644. The Kier molecular flexibility index (Phi) is 4.68. The maximum Gasteiger partial charge on any atom is 0.336 e. The van der Waals surface area contributed by atoms with E-state index in [1.807, 2.05) is 0 Å². The van der Waals surface area contributed by atoms with Crippen LogP contribution in [0.5, 0.6) is 0 Å². The smallest absolute Gasteiger partial charge is 0.336 e. The molecule has 0 aromatic heterocycles. The molecule has 1 aliphatic carbocycles. The SMILES string of the molecule is CCc1c(C(=O)O)ccc(C2CC2)c1S(=O)(=O)CCOC. The van der Waals surface area contributed by atoms with Crippen LogP contribution in [0.1, 0.15) is 47.2 Å². The number of carbonyl (C=O) groups is 1. The number of aromatic carboxylic acids is 1.